The van der Waals surface area contributed by atoms with Gasteiger partial charge in [0.25, 0.3) is 0 Å². The van der Waals surface area contributed by atoms with E-state index in [9.17, 15) is 4.79 Å². The van der Waals surface area contributed by atoms with Crippen molar-refractivity contribution in [2.24, 2.45) is 34.5 Å². The minimum atomic E-state index is -0.319. The molecule has 0 aromatic rings. The highest BCUT2D eigenvalue weighted by Gasteiger charge is 2.65. The normalized spacial score (nSPS) is 49.7. The number of carbonyl (C=O) groups excluding carboxylic acids is 1. The van der Waals surface area contributed by atoms with Gasteiger partial charge in [-0.2, -0.15) is 0 Å². The highest BCUT2D eigenvalue weighted by atomic mass is 16.6. The fraction of sp³-hybridized carbons (Fsp3) is 0.792. The van der Waals surface area contributed by atoms with Gasteiger partial charge in [0.2, 0.25) is 0 Å². The largest absolute Gasteiger partial charge is 0.458 e. The second-order valence-electron chi connectivity index (χ2n) is 10.1. The van der Waals surface area contributed by atoms with E-state index < -0.39 is 0 Å². The van der Waals surface area contributed by atoms with Crippen LogP contribution in [0.15, 0.2) is 24.8 Å². The summed E-state index contributed by atoms with van der Waals surface area (Å²) in [5.41, 5.74) is 0.284. The summed E-state index contributed by atoms with van der Waals surface area (Å²) >= 11 is 0. The second-order valence-corrected chi connectivity index (χ2v) is 10.1. The van der Waals surface area contributed by atoms with Crippen LogP contribution in [-0.2, 0) is 9.53 Å². The minimum absolute atomic E-state index is 0.113. The smallest absolute Gasteiger partial charge is 0.303 e. The average Bonchev–Trinajstić information content (AvgIpc) is 2.87. The molecule has 0 aromatic carbocycles. The molecule has 0 N–H and O–H groups in total. The number of carbonyl (C=O) groups is 1. The third-order valence-electron chi connectivity index (χ3n) is 9.31. The molecular formula is C24H36O2. The van der Waals surface area contributed by atoms with Crippen LogP contribution in [0, 0.1) is 34.5 Å². The Morgan fingerprint density at radius 1 is 1.15 bits per heavy atom. The van der Waals surface area contributed by atoms with Crippen LogP contribution in [-0.4, -0.2) is 11.6 Å². The maximum Gasteiger partial charge on any atom is 0.303 e. The lowest BCUT2D eigenvalue weighted by Gasteiger charge is -2.60. The molecular weight excluding hydrogens is 320 g/mol. The molecule has 144 valence electrons. The third kappa shape index (κ3) is 2.39. The fourth-order valence-electron chi connectivity index (χ4n) is 7.98. The van der Waals surface area contributed by atoms with Gasteiger partial charge in [-0.25, -0.2) is 0 Å². The quantitative estimate of drug-likeness (QED) is 0.453. The molecule has 7 unspecified atom stereocenters. The lowest BCUT2D eigenvalue weighted by atomic mass is 9.45. The van der Waals surface area contributed by atoms with Gasteiger partial charge in [0.1, 0.15) is 5.60 Å². The number of esters is 1. The van der Waals surface area contributed by atoms with Crippen molar-refractivity contribution >= 4 is 5.97 Å². The topological polar surface area (TPSA) is 26.3 Å². The van der Waals surface area contributed by atoms with Crippen molar-refractivity contribution in [1.82, 2.24) is 0 Å². The third-order valence-corrected chi connectivity index (χ3v) is 9.31. The lowest BCUT2D eigenvalue weighted by Crippen LogP contribution is -2.56. The molecule has 3 saturated carbocycles. The van der Waals surface area contributed by atoms with Gasteiger partial charge >= 0.3 is 5.97 Å². The highest BCUT2D eigenvalue weighted by Crippen LogP contribution is 2.69. The summed E-state index contributed by atoms with van der Waals surface area (Å²) in [5.74, 6) is 3.11. The number of hydrogen-bond donors (Lipinski definition) is 0. The van der Waals surface area contributed by atoms with Crippen molar-refractivity contribution in [1.29, 1.82) is 0 Å². The predicted molar refractivity (Wildman–Crippen MR) is 106 cm³/mol. The first-order valence-corrected chi connectivity index (χ1v) is 10.8. The summed E-state index contributed by atoms with van der Waals surface area (Å²) in [6.45, 7) is 10.6. The van der Waals surface area contributed by atoms with Crippen LogP contribution in [0.1, 0.15) is 78.6 Å². The molecule has 2 heteroatoms. The van der Waals surface area contributed by atoms with E-state index in [2.05, 4.69) is 32.6 Å². The Bertz CT molecular complexity index is 622. The Kier molecular flexibility index (Phi) is 4.40. The van der Waals surface area contributed by atoms with E-state index in [1.807, 2.05) is 6.08 Å². The summed E-state index contributed by atoms with van der Waals surface area (Å²) in [6.07, 6.45) is 17.7. The van der Waals surface area contributed by atoms with E-state index >= 15 is 0 Å². The second kappa shape index (κ2) is 6.24. The van der Waals surface area contributed by atoms with Gasteiger partial charge in [0.15, 0.2) is 0 Å². The summed E-state index contributed by atoms with van der Waals surface area (Å²) in [4.78, 5) is 12.0. The fourth-order valence-corrected chi connectivity index (χ4v) is 7.98. The Balaban J connectivity index is 1.66. The predicted octanol–water partition coefficient (Wildman–Crippen LogP) is 6.07. The molecule has 4 aliphatic carbocycles. The number of allylic oxidation sites excluding steroid dienone is 2. The molecule has 0 spiro atoms. The maximum atomic E-state index is 12.0. The molecule has 4 aliphatic rings. The van der Waals surface area contributed by atoms with Crippen LogP contribution in [0.25, 0.3) is 0 Å². The molecule has 0 bridgehead atoms. The molecule has 2 nitrogen and oxygen atoms in total. The van der Waals surface area contributed by atoms with Gasteiger partial charge in [-0.15, -0.1) is 6.58 Å². The van der Waals surface area contributed by atoms with Crippen molar-refractivity contribution in [2.45, 2.75) is 84.2 Å². The molecule has 0 amide bonds. The zero-order chi connectivity index (χ0) is 18.6. The van der Waals surface area contributed by atoms with Crippen LogP contribution in [0.4, 0.5) is 0 Å². The monoisotopic (exact) mass is 356 g/mol. The van der Waals surface area contributed by atoms with Gasteiger partial charge in [-0.1, -0.05) is 32.1 Å². The van der Waals surface area contributed by atoms with E-state index in [4.69, 9.17) is 4.74 Å². The van der Waals surface area contributed by atoms with E-state index in [1.54, 1.807) is 6.92 Å². The van der Waals surface area contributed by atoms with E-state index in [1.165, 1.54) is 44.9 Å². The van der Waals surface area contributed by atoms with Gasteiger partial charge in [-0.05, 0) is 80.5 Å². The summed E-state index contributed by atoms with van der Waals surface area (Å²) < 4.78 is 6.10. The zero-order valence-corrected chi connectivity index (χ0v) is 16.9. The summed E-state index contributed by atoms with van der Waals surface area (Å²) in [6, 6.07) is 0. The Morgan fingerprint density at radius 2 is 1.92 bits per heavy atom. The Hall–Kier alpha value is -1.05. The van der Waals surface area contributed by atoms with Crippen molar-refractivity contribution in [2.75, 3.05) is 0 Å². The van der Waals surface area contributed by atoms with Gasteiger partial charge in [-0.3, -0.25) is 4.79 Å². The zero-order valence-electron chi connectivity index (χ0n) is 16.9. The van der Waals surface area contributed by atoms with Gasteiger partial charge in [0, 0.05) is 18.8 Å². The first-order valence-electron chi connectivity index (χ1n) is 10.8. The van der Waals surface area contributed by atoms with Crippen molar-refractivity contribution < 1.29 is 9.53 Å². The molecule has 0 saturated heterocycles. The molecule has 0 aliphatic heterocycles. The van der Waals surface area contributed by atoms with E-state index in [-0.39, 0.29) is 17.0 Å². The molecule has 0 radical (unpaired) electrons. The number of ether oxygens (including phenoxy) is 1. The van der Waals surface area contributed by atoms with Crippen LogP contribution in [0.5, 0.6) is 0 Å². The Labute approximate surface area is 159 Å². The number of fused-ring (bicyclic) bond motifs is 5. The van der Waals surface area contributed by atoms with E-state index in [0.29, 0.717) is 11.3 Å². The van der Waals surface area contributed by atoms with Gasteiger partial charge < -0.3 is 4.74 Å². The molecule has 26 heavy (non-hydrogen) atoms. The van der Waals surface area contributed by atoms with Crippen LogP contribution >= 0.6 is 0 Å². The van der Waals surface area contributed by atoms with Crippen molar-refractivity contribution in [3.63, 3.8) is 0 Å². The van der Waals surface area contributed by atoms with Crippen molar-refractivity contribution in [3.05, 3.63) is 24.8 Å². The number of hydrogen-bond acceptors (Lipinski definition) is 2. The van der Waals surface area contributed by atoms with E-state index in [0.717, 1.165) is 30.6 Å². The van der Waals surface area contributed by atoms with Crippen LogP contribution < -0.4 is 0 Å². The number of rotatable bonds is 3. The standard InChI is InChI=1S/C24H36O2/c1-5-13-24(26-17(2)25)16-12-21-19-10-9-18-8-6-7-14-22(18,3)20(19)11-15-23(21,24)4/h5-7,18-21H,1,8-16H2,2-4H3. The minimum Gasteiger partial charge on any atom is -0.458 e. The van der Waals surface area contributed by atoms with Crippen LogP contribution in [0.2, 0.25) is 0 Å². The molecule has 0 heterocycles. The Morgan fingerprint density at radius 3 is 2.65 bits per heavy atom. The lowest BCUT2D eigenvalue weighted by molar-refractivity contribution is -0.185. The maximum absolute atomic E-state index is 12.0. The molecule has 4 rings (SSSR count). The van der Waals surface area contributed by atoms with Gasteiger partial charge in [0.05, 0.1) is 0 Å². The van der Waals surface area contributed by atoms with Crippen molar-refractivity contribution in [3.8, 4) is 0 Å². The SMILES string of the molecule is C=CCC1(OC(C)=O)CCC2C3CCC4CC=CCC4(C)C3CCC21C. The first kappa shape index (κ1) is 18.3. The average molecular weight is 357 g/mol. The summed E-state index contributed by atoms with van der Waals surface area (Å²) in [7, 11) is 0. The first-order chi connectivity index (χ1) is 12.4. The van der Waals surface area contributed by atoms with Crippen LogP contribution in [0.3, 0.4) is 0 Å². The molecule has 3 fully saturated rings. The molecule has 7 atom stereocenters. The molecule has 0 aromatic heterocycles. The summed E-state index contributed by atoms with van der Waals surface area (Å²) in [5, 5.41) is 0. The highest BCUT2D eigenvalue weighted by molar-refractivity contribution is 5.66.